The molecule has 0 fully saturated rings. The Labute approximate surface area is 77.6 Å². The number of ether oxygens (including phenoxy) is 1. The Hall–Kier alpha value is -0.670. The predicted octanol–water partition coefficient (Wildman–Crippen LogP) is 1.73. The van der Waals surface area contributed by atoms with Crippen LogP contribution < -0.4 is 4.74 Å². The lowest BCUT2D eigenvalue weighted by Crippen LogP contribution is -2.15. The fourth-order valence-corrected chi connectivity index (χ4v) is 0.943. The molecule has 1 rings (SSSR count). The van der Waals surface area contributed by atoms with Crippen molar-refractivity contribution in [3.8, 4) is 5.75 Å². The van der Waals surface area contributed by atoms with Crippen LogP contribution in [0.25, 0.3) is 0 Å². The van der Waals surface area contributed by atoms with Crippen molar-refractivity contribution in [2.24, 2.45) is 0 Å². The van der Waals surface area contributed by atoms with Crippen LogP contribution in [0.4, 0.5) is 0 Å². The average molecular weight is 184 g/mol. The summed E-state index contributed by atoms with van der Waals surface area (Å²) in [6.07, 6.45) is -0.157. The molecular formula is C9H12O2S. The molecule has 12 heavy (non-hydrogen) atoms. The molecule has 0 aliphatic heterocycles. The van der Waals surface area contributed by atoms with Crippen LogP contribution in [0.3, 0.4) is 0 Å². The number of hydrogen-bond acceptors (Lipinski definition) is 3. The lowest BCUT2D eigenvalue weighted by molar-refractivity contribution is 0.129. The molecule has 1 aromatic carbocycles. The minimum atomic E-state index is -0.157. The van der Waals surface area contributed by atoms with Gasteiger partial charge in [-0.2, -0.15) is 0 Å². The van der Waals surface area contributed by atoms with Gasteiger partial charge in [0.15, 0.2) is 0 Å². The van der Waals surface area contributed by atoms with E-state index in [9.17, 15) is 0 Å². The normalized spacial score (nSPS) is 12.6. The van der Waals surface area contributed by atoms with E-state index in [0.29, 0.717) is 0 Å². The Bertz CT molecular complexity index is 233. The van der Waals surface area contributed by atoms with Crippen molar-refractivity contribution < 1.29 is 9.84 Å². The van der Waals surface area contributed by atoms with E-state index < -0.39 is 0 Å². The van der Waals surface area contributed by atoms with Gasteiger partial charge in [0.05, 0.1) is 6.61 Å². The molecule has 0 aliphatic rings. The van der Waals surface area contributed by atoms with Gasteiger partial charge in [-0.25, -0.2) is 0 Å². The maximum atomic E-state index is 8.71. The number of hydrogen-bond donors (Lipinski definition) is 2. The first-order valence-electron chi connectivity index (χ1n) is 3.79. The van der Waals surface area contributed by atoms with E-state index >= 15 is 0 Å². The molecule has 3 heteroatoms. The number of thiol groups is 1. The standard InChI is InChI=1S/C9H12O2S/c1-7(6-10)11-8-2-4-9(12)5-3-8/h2-5,7,10,12H,6H2,1H3. The van der Waals surface area contributed by atoms with Crippen LogP contribution in [0.15, 0.2) is 29.2 Å². The summed E-state index contributed by atoms with van der Waals surface area (Å²) in [6, 6.07) is 7.36. The molecule has 0 aliphatic carbocycles. The van der Waals surface area contributed by atoms with E-state index in [4.69, 9.17) is 9.84 Å². The highest BCUT2D eigenvalue weighted by molar-refractivity contribution is 7.80. The Morgan fingerprint density at radius 1 is 1.42 bits per heavy atom. The van der Waals surface area contributed by atoms with Gasteiger partial charge in [0.2, 0.25) is 0 Å². The topological polar surface area (TPSA) is 29.5 Å². The lowest BCUT2D eigenvalue weighted by atomic mass is 10.3. The maximum Gasteiger partial charge on any atom is 0.119 e. The zero-order valence-electron chi connectivity index (χ0n) is 6.90. The third kappa shape index (κ3) is 2.75. The van der Waals surface area contributed by atoms with E-state index in [2.05, 4.69) is 12.6 Å². The Kier molecular flexibility index (Phi) is 3.44. The van der Waals surface area contributed by atoms with Crippen LogP contribution in [0, 0.1) is 0 Å². The first-order chi connectivity index (χ1) is 5.72. The molecule has 1 N–H and O–H groups in total. The number of benzene rings is 1. The zero-order chi connectivity index (χ0) is 8.97. The summed E-state index contributed by atoms with van der Waals surface area (Å²) in [5.41, 5.74) is 0. The van der Waals surface area contributed by atoms with Crippen molar-refractivity contribution >= 4 is 12.6 Å². The van der Waals surface area contributed by atoms with Crippen LogP contribution in [0.2, 0.25) is 0 Å². The van der Waals surface area contributed by atoms with Gasteiger partial charge in [-0.15, -0.1) is 12.6 Å². The van der Waals surface area contributed by atoms with Crippen molar-refractivity contribution in [2.75, 3.05) is 6.61 Å². The molecule has 1 unspecified atom stereocenters. The molecule has 0 amide bonds. The molecule has 0 bridgehead atoms. The monoisotopic (exact) mass is 184 g/mol. The van der Waals surface area contributed by atoms with Crippen molar-refractivity contribution in [1.29, 1.82) is 0 Å². The molecule has 66 valence electrons. The van der Waals surface area contributed by atoms with Crippen LogP contribution in [-0.2, 0) is 0 Å². The van der Waals surface area contributed by atoms with Crippen LogP contribution >= 0.6 is 12.6 Å². The Morgan fingerprint density at radius 3 is 2.50 bits per heavy atom. The van der Waals surface area contributed by atoms with E-state index in [1.807, 2.05) is 31.2 Å². The highest BCUT2D eigenvalue weighted by atomic mass is 32.1. The van der Waals surface area contributed by atoms with Crippen LogP contribution in [0.5, 0.6) is 5.75 Å². The van der Waals surface area contributed by atoms with Crippen molar-refractivity contribution in [3.63, 3.8) is 0 Å². The maximum absolute atomic E-state index is 8.71. The SMILES string of the molecule is CC(CO)Oc1ccc(S)cc1. The molecule has 0 saturated heterocycles. The van der Waals surface area contributed by atoms with E-state index in [-0.39, 0.29) is 12.7 Å². The second-order valence-corrected chi connectivity index (χ2v) is 3.12. The number of aliphatic hydroxyl groups is 1. The molecule has 2 nitrogen and oxygen atoms in total. The van der Waals surface area contributed by atoms with E-state index in [1.54, 1.807) is 0 Å². The molecule has 0 aromatic heterocycles. The quantitative estimate of drug-likeness (QED) is 0.701. The van der Waals surface area contributed by atoms with Gasteiger partial charge in [-0.3, -0.25) is 0 Å². The number of rotatable bonds is 3. The molecule has 1 atom stereocenters. The second-order valence-electron chi connectivity index (χ2n) is 2.60. The molecule has 0 saturated carbocycles. The minimum absolute atomic E-state index is 0.0304. The van der Waals surface area contributed by atoms with Gasteiger partial charge in [0.1, 0.15) is 11.9 Å². The van der Waals surface area contributed by atoms with Gasteiger partial charge < -0.3 is 9.84 Å². The smallest absolute Gasteiger partial charge is 0.119 e. The summed E-state index contributed by atoms with van der Waals surface area (Å²) in [4.78, 5) is 0.902. The molecule has 0 spiro atoms. The van der Waals surface area contributed by atoms with Crippen molar-refractivity contribution in [3.05, 3.63) is 24.3 Å². The van der Waals surface area contributed by atoms with Gasteiger partial charge in [0, 0.05) is 4.90 Å². The summed E-state index contributed by atoms with van der Waals surface area (Å²) in [5, 5.41) is 8.71. The van der Waals surface area contributed by atoms with E-state index in [1.165, 1.54) is 0 Å². The average Bonchev–Trinajstić information content (AvgIpc) is 2.09. The third-order valence-corrected chi connectivity index (χ3v) is 1.73. The van der Waals surface area contributed by atoms with Crippen LogP contribution in [0.1, 0.15) is 6.92 Å². The van der Waals surface area contributed by atoms with Crippen molar-refractivity contribution in [1.82, 2.24) is 0 Å². The summed E-state index contributed by atoms with van der Waals surface area (Å²) in [7, 11) is 0. The highest BCUT2D eigenvalue weighted by Gasteiger charge is 2.00. The fourth-order valence-electron chi connectivity index (χ4n) is 0.794. The van der Waals surface area contributed by atoms with E-state index in [0.717, 1.165) is 10.6 Å². The van der Waals surface area contributed by atoms with Gasteiger partial charge >= 0.3 is 0 Å². The molecule has 1 aromatic rings. The summed E-state index contributed by atoms with van der Waals surface area (Å²) >= 11 is 4.14. The molecule has 0 radical (unpaired) electrons. The summed E-state index contributed by atoms with van der Waals surface area (Å²) in [6.45, 7) is 1.84. The fraction of sp³-hybridized carbons (Fsp3) is 0.333. The molecule has 0 heterocycles. The van der Waals surface area contributed by atoms with Gasteiger partial charge in [-0.1, -0.05) is 0 Å². The van der Waals surface area contributed by atoms with Crippen molar-refractivity contribution in [2.45, 2.75) is 17.9 Å². The largest absolute Gasteiger partial charge is 0.488 e. The Balaban J connectivity index is 2.58. The lowest BCUT2D eigenvalue weighted by Gasteiger charge is -2.11. The second kappa shape index (κ2) is 4.38. The third-order valence-electron chi connectivity index (χ3n) is 1.43. The molecular weight excluding hydrogens is 172 g/mol. The highest BCUT2D eigenvalue weighted by Crippen LogP contribution is 2.15. The first-order valence-corrected chi connectivity index (χ1v) is 4.23. The predicted molar refractivity (Wildman–Crippen MR) is 50.9 cm³/mol. The van der Waals surface area contributed by atoms with Gasteiger partial charge in [0.25, 0.3) is 0 Å². The summed E-state index contributed by atoms with van der Waals surface area (Å²) < 4.78 is 5.33. The zero-order valence-corrected chi connectivity index (χ0v) is 7.79. The summed E-state index contributed by atoms with van der Waals surface area (Å²) in [5.74, 6) is 0.759. The van der Waals surface area contributed by atoms with Crippen LogP contribution in [-0.4, -0.2) is 17.8 Å². The minimum Gasteiger partial charge on any atom is -0.488 e. The Morgan fingerprint density at radius 2 is 2.00 bits per heavy atom. The first kappa shape index (κ1) is 9.42. The van der Waals surface area contributed by atoms with Gasteiger partial charge in [-0.05, 0) is 31.2 Å². The number of aliphatic hydroxyl groups excluding tert-OH is 1.